The molecule has 2 aliphatic heterocycles. The van der Waals surface area contributed by atoms with Crippen molar-refractivity contribution in [2.24, 2.45) is 0 Å². The lowest BCUT2D eigenvalue weighted by atomic mass is 10.0. The van der Waals surface area contributed by atoms with Crippen molar-refractivity contribution >= 4 is 11.6 Å². The second kappa shape index (κ2) is 5.03. The first-order valence-corrected chi connectivity index (χ1v) is 6.72. The Morgan fingerprint density at radius 3 is 2.85 bits per heavy atom. The minimum absolute atomic E-state index is 0.194. The third-order valence-corrected chi connectivity index (χ3v) is 3.76. The zero-order valence-corrected chi connectivity index (χ0v) is 11.1. The monoisotopic (exact) mass is 280 g/mol. The number of benzene rings is 1. The average molecular weight is 280 g/mol. The number of ether oxygens (including phenoxy) is 2. The van der Waals surface area contributed by atoms with E-state index in [9.17, 15) is 9.18 Å². The first kappa shape index (κ1) is 13.3. The number of piperidine rings is 1. The first-order valence-electron chi connectivity index (χ1n) is 6.72. The molecule has 1 aromatic rings. The van der Waals surface area contributed by atoms with Crippen molar-refractivity contribution in [2.45, 2.75) is 18.6 Å². The van der Waals surface area contributed by atoms with Crippen LogP contribution >= 0.6 is 0 Å². The lowest BCUT2D eigenvalue weighted by molar-refractivity contribution is -0.183. The summed E-state index contributed by atoms with van der Waals surface area (Å²) >= 11 is 0. The van der Waals surface area contributed by atoms with Gasteiger partial charge in [0.15, 0.2) is 5.79 Å². The maximum atomic E-state index is 13.3. The fourth-order valence-corrected chi connectivity index (χ4v) is 2.78. The van der Waals surface area contributed by atoms with Gasteiger partial charge in [0.05, 0.1) is 25.3 Å². The van der Waals surface area contributed by atoms with Gasteiger partial charge < -0.3 is 20.1 Å². The molecule has 0 aliphatic carbocycles. The Bertz CT molecular complexity index is 529. The maximum Gasteiger partial charge on any atom is 0.256 e. The van der Waals surface area contributed by atoms with E-state index in [2.05, 4.69) is 0 Å². The summed E-state index contributed by atoms with van der Waals surface area (Å²) < 4.78 is 24.6. The van der Waals surface area contributed by atoms with Gasteiger partial charge in [0.25, 0.3) is 5.91 Å². The average Bonchev–Trinajstić information content (AvgIpc) is 2.88. The lowest BCUT2D eigenvalue weighted by Gasteiger charge is -2.38. The maximum absolute atomic E-state index is 13.3. The quantitative estimate of drug-likeness (QED) is 0.789. The van der Waals surface area contributed by atoms with Crippen LogP contribution in [0.1, 0.15) is 23.2 Å². The van der Waals surface area contributed by atoms with E-state index in [0.717, 1.165) is 12.8 Å². The second-order valence-electron chi connectivity index (χ2n) is 5.17. The summed E-state index contributed by atoms with van der Waals surface area (Å²) in [6.45, 7) is 2.05. The number of likely N-dealkylation sites (tertiary alicyclic amines) is 1. The largest absolute Gasteiger partial charge is 0.398 e. The van der Waals surface area contributed by atoms with Gasteiger partial charge in [-0.15, -0.1) is 0 Å². The summed E-state index contributed by atoms with van der Waals surface area (Å²) in [5.74, 6) is -1.43. The van der Waals surface area contributed by atoms with Crippen molar-refractivity contribution < 1.29 is 18.7 Å². The highest BCUT2D eigenvalue weighted by atomic mass is 19.1. The highest BCUT2D eigenvalue weighted by molar-refractivity contribution is 5.99. The highest BCUT2D eigenvalue weighted by Crippen LogP contribution is 2.31. The van der Waals surface area contributed by atoms with E-state index in [1.165, 1.54) is 18.2 Å². The van der Waals surface area contributed by atoms with Crippen LogP contribution in [0.3, 0.4) is 0 Å². The number of nitrogens with two attached hydrogens (primary N) is 1. The van der Waals surface area contributed by atoms with E-state index < -0.39 is 11.6 Å². The molecule has 1 amide bonds. The SMILES string of the molecule is Nc1ccc(F)cc1C(=O)N1CCCC2(C1)OCCO2. The van der Waals surface area contributed by atoms with Gasteiger partial charge in [0.2, 0.25) is 0 Å². The standard InChI is InChI=1S/C14H17FN2O3/c15-10-2-3-12(16)11(8-10)13(18)17-5-1-4-14(9-17)19-6-7-20-14/h2-3,8H,1,4-7,9,16H2. The van der Waals surface area contributed by atoms with E-state index in [0.29, 0.717) is 26.3 Å². The summed E-state index contributed by atoms with van der Waals surface area (Å²) in [4.78, 5) is 14.1. The molecular weight excluding hydrogens is 263 g/mol. The van der Waals surface area contributed by atoms with Crippen LogP contribution in [-0.4, -0.2) is 42.9 Å². The van der Waals surface area contributed by atoms with Crippen LogP contribution in [0.2, 0.25) is 0 Å². The Morgan fingerprint density at radius 2 is 2.10 bits per heavy atom. The highest BCUT2D eigenvalue weighted by Gasteiger charge is 2.42. The van der Waals surface area contributed by atoms with Crippen molar-refractivity contribution in [3.63, 3.8) is 0 Å². The fourth-order valence-electron chi connectivity index (χ4n) is 2.78. The number of amides is 1. The van der Waals surface area contributed by atoms with Gasteiger partial charge in [-0.05, 0) is 24.6 Å². The van der Waals surface area contributed by atoms with Crippen molar-refractivity contribution in [2.75, 3.05) is 32.0 Å². The van der Waals surface area contributed by atoms with Crippen LogP contribution in [0.4, 0.5) is 10.1 Å². The molecule has 108 valence electrons. The number of rotatable bonds is 1. The number of nitrogens with zero attached hydrogens (tertiary/aromatic N) is 1. The predicted molar refractivity (Wildman–Crippen MR) is 70.6 cm³/mol. The molecule has 0 unspecified atom stereocenters. The predicted octanol–water partition coefficient (Wildman–Crippen LogP) is 1.39. The molecule has 0 aromatic heterocycles. The fraction of sp³-hybridized carbons (Fsp3) is 0.500. The normalized spacial score (nSPS) is 21.4. The van der Waals surface area contributed by atoms with E-state index in [1.807, 2.05) is 0 Å². The van der Waals surface area contributed by atoms with E-state index in [4.69, 9.17) is 15.2 Å². The Labute approximate surface area is 116 Å². The number of halogens is 1. The molecule has 0 saturated carbocycles. The van der Waals surface area contributed by atoms with Gasteiger partial charge in [-0.2, -0.15) is 0 Å². The van der Waals surface area contributed by atoms with Gasteiger partial charge in [-0.1, -0.05) is 0 Å². The summed E-state index contributed by atoms with van der Waals surface area (Å²) in [5.41, 5.74) is 6.24. The molecule has 0 radical (unpaired) electrons. The molecule has 2 aliphatic rings. The molecule has 2 saturated heterocycles. The molecule has 2 fully saturated rings. The van der Waals surface area contributed by atoms with Crippen molar-refractivity contribution in [1.29, 1.82) is 0 Å². The molecule has 3 rings (SSSR count). The summed E-state index contributed by atoms with van der Waals surface area (Å²) in [7, 11) is 0. The summed E-state index contributed by atoms with van der Waals surface area (Å²) in [6.07, 6.45) is 1.57. The molecule has 6 heteroatoms. The number of nitrogen functional groups attached to an aromatic ring is 1. The number of hydrogen-bond donors (Lipinski definition) is 1. The zero-order valence-electron chi connectivity index (χ0n) is 11.1. The van der Waals surface area contributed by atoms with Gasteiger partial charge in [0, 0.05) is 18.7 Å². The Hall–Kier alpha value is -1.66. The molecule has 20 heavy (non-hydrogen) atoms. The minimum atomic E-state index is -0.685. The van der Waals surface area contributed by atoms with E-state index in [1.54, 1.807) is 4.90 Å². The van der Waals surface area contributed by atoms with E-state index >= 15 is 0 Å². The van der Waals surface area contributed by atoms with Crippen LogP contribution < -0.4 is 5.73 Å². The minimum Gasteiger partial charge on any atom is -0.398 e. The zero-order chi connectivity index (χ0) is 14.2. The number of hydrogen-bond acceptors (Lipinski definition) is 4. The Kier molecular flexibility index (Phi) is 3.35. The van der Waals surface area contributed by atoms with E-state index in [-0.39, 0.29) is 17.2 Å². The molecule has 1 aromatic carbocycles. The molecule has 5 nitrogen and oxygen atoms in total. The molecule has 0 atom stereocenters. The number of carbonyl (C=O) groups excluding carboxylic acids is 1. The molecule has 2 N–H and O–H groups in total. The molecular formula is C14H17FN2O3. The van der Waals surface area contributed by atoms with Gasteiger partial charge in [0.1, 0.15) is 5.82 Å². The number of carbonyl (C=O) groups is 1. The summed E-state index contributed by atoms with van der Waals surface area (Å²) in [6, 6.07) is 3.83. The number of anilines is 1. The second-order valence-corrected chi connectivity index (χ2v) is 5.17. The van der Waals surface area contributed by atoms with Crippen molar-refractivity contribution in [3.05, 3.63) is 29.6 Å². The smallest absolute Gasteiger partial charge is 0.256 e. The topological polar surface area (TPSA) is 64.8 Å². The van der Waals surface area contributed by atoms with Gasteiger partial charge >= 0.3 is 0 Å². The first-order chi connectivity index (χ1) is 9.60. The van der Waals surface area contributed by atoms with Gasteiger partial charge in [-0.3, -0.25) is 4.79 Å². The lowest BCUT2D eigenvalue weighted by Crippen LogP contribution is -2.51. The summed E-state index contributed by atoms with van der Waals surface area (Å²) in [5, 5.41) is 0. The molecule has 1 spiro atoms. The van der Waals surface area contributed by atoms with Crippen LogP contribution in [0.25, 0.3) is 0 Å². The Morgan fingerprint density at radius 1 is 1.35 bits per heavy atom. The van der Waals surface area contributed by atoms with Crippen LogP contribution in [-0.2, 0) is 9.47 Å². The van der Waals surface area contributed by atoms with Gasteiger partial charge in [-0.25, -0.2) is 4.39 Å². The Balaban J connectivity index is 1.81. The molecule has 2 heterocycles. The third-order valence-electron chi connectivity index (χ3n) is 3.76. The van der Waals surface area contributed by atoms with Crippen molar-refractivity contribution in [1.82, 2.24) is 4.90 Å². The van der Waals surface area contributed by atoms with Crippen LogP contribution in [0.5, 0.6) is 0 Å². The van der Waals surface area contributed by atoms with Crippen LogP contribution in [0, 0.1) is 5.82 Å². The van der Waals surface area contributed by atoms with Crippen LogP contribution in [0.15, 0.2) is 18.2 Å². The van der Waals surface area contributed by atoms with Crippen molar-refractivity contribution in [3.8, 4) is 0 Å². The third kappa shape index (κ3) is 2.36. The molecule has 0 bridgehead atoms.